The first kappa shape index (κ1) is 12.0. The zero-order chi connectivity index (χ0) is 12.4. The number of aromatic nitrogens is 1. The minimum absolute atomic E-state index is 0.0308. The Morgan fingerprint density at radius 1 is 1.35 bits per heavy atom. The van der Waals surface area contributed by atoms with Gasteiger partial charge in [-0.25, -0.2) is 13.8 Å². The van der Waals surface area contributed by atoms with Crippen LogP contribution in [0.15, 0.2) is 22.8 Å². The molecule has 17 heavy (non-hydrogen) atoms. The number of hydrogen-bond donors (Lipinski definition) is 1. The van der Waals surface area contributed by atoms with Gasteiger partial charge >= 0.3 is 0 Å². The molecular formula is C11H9ClF2N2O. The van der Waals surface area contributed by atoms with E-state index in [-0.39, 0.29) is 16.5 Å². The Labute approximate surface area is 101 Å². The molecule has 3 nitrogen and oxygen atoms in total. The normalized spacial score (nSPS) is 10.8. The van der Waals surface area contributed by atoms with Gasteiger partial charge in [-0.3, -0.25) is 0 Å². The van der Waals surface area contributed by atoms with E-state index in [2.05, 4.69) is 10.3 Å². The van der Waals surface area contributed by atoms with Crippen LogP contribution in [0.5, 0.6) is 0 Å². The molecule has 1 aromatic heterocycles. The summed E-state index contributed by atoms with van der Waals surface area (Å²) < 4.78 is 31.8. The molecule has 0 aliphatic heterocycles. The topological polar surface area (TPSA) is 38.1 Å². The van der Waals surface area contributed by atoms with Crippen LogP contribution in [0.2, 0.25) is 5.02 Å². The third kappa shape index (κ3) is 2.45. The highest BCUT2D eigenvalue weighted by Crippen LogP contribution is 2.27. The van der Waals surface area contributed by atoms with E-state index >= 15 is 0 Å². The number of nitrogens with zero attached hydrogens (tertiary/aromatic N) is 1. The van der Waals surface area contributed by atoms with E-state index in [0.717, 1.165) is 12.1 Å². The van der Waals surface area contributed by atoms with Crippen molar-refractivity contribution in [3.63, 3.8) is 0 Å². The predicted octanol–water partition coefficient (Wildman–Crippen LogP) is 2.99. The molecule has 1 heterocycles. The van der Waals surface area contributed by atoms with Crippen molar-refractivity contribution >= 4 is 11.6 Å². The fraction of sp³-hybridized carbons (Fsp3) is 0.182. The van der Waals surface area contributed by atoms with Crippen LogP contribution in [0.1, 0.15) is 5.69 Å². The molecule has 0 bridgehead atoms. The molecule has 2 aromatic rings. The highest BCUT2D eigenvalue weighted by atomic mass is 35.5. The fourth-order valence-corrected chi connectivity index (χ4v) is 1.53. The van der Waals surface area contributed by atoms with Crippen molar-refractivity contribution in [2.24, 2.45) is 0 Å². The van der Waals surface area contributed by atoms with Crippen molar-refractivity contribution in [3.8, 4) is 11.5 Å². The van der Waals surface area contributed by atoms with E-state index in [1.807, 2.05) is 0 Å². The van der Waals surface area contributed by atoms with Gasteiger partial charge in [0.25, 0.3) is 0 Å². The number of hydrogen-bond acceptors (Lipinski definition) is 3. The number of benzene rings is 1. The van der Waals surface area contributed by atoms with Crippen LogP contribution in [0.4, 0.5) is 8.78 Å². The average Bonchev–Trinajstić information content (AvgIpc) is 2.72. The summed E-state index contributed by atoms with van der Waals surface area (Å²) in [6, 6.07) is 1.86. The van der Waals surface area contributed by atoms with Gasteiger partial charge in [-0.15, -0.1) is 0 Å². The molecule has 0 aliphatic rings. The average molecular weight is 259 g/mol. The summed E-state index contributed by atoms with van der Waals surface area (Å²) in [5, 5.41) is 2.60. The zero-order valence-electron chi connectivity index (χ0n) is 8.93. The predicted molar refractivity (Wildman–Crippen MR) is 59.6 cm³/mol. The van der Waals surface area contributed by atoms with Crippen molar-refractivity contribution in [1.82, 2.24) is 10.3 Å². The fourth-order valence-electron chi connectivity index (χ4n) is 1.38. The van der Waals surface area contributed by atoms with Gasteiger partial charge in [0, 0.05) is 6.54 Å². The van der Waals surface area contributed by atoms with Gasteiger partial charge < -0.3 is 9.73 Å². The molecule has 0 atom stereocenters. The van der Waals surface area contributed by atoms with E-state index in [0.29, 0.717) is 12.2 Å². The number of nitrogens with one attached hydrogen (secondary N) is 1. The van der Waals surface area contributed by atoms with Gasteiger partial charge in [0.05, 0.1) is 16.3 Å². The second kappa shape index (κ2) is 4.81. The van der Waals surface area contributed by atoms with Gasteiger partial charge in [-0.1, -0.05) is 11.6 Å². The molecule has 0 aliphatic carbocycles. The molecule has 1 N–H and O–H groups in total. The van der Waals surface area contributed by atoms with Crippen molar-refractivity contribution in [3.05, 3.63) is 40.7 Å². The summed E-state index contributed by atoms with van der Waals surface area (Å²) >= 11 is 5.45. The van der Waals surface area contributed by atoms with Gasteiger partial charge in [0.1, 0.15) is 17.9 Å². The minimum atomic E-state index is -0.712. The van der Waals surface area contributed by atoms with Crippen LogP contribution >= 0.6 is 11.6 Å². The van der Waals surface area contributed by atoms with E-state index < -0.39 is 11.6 Å². The molecule has 0 fully saturated rings. The van der Waals surface area contributed by atoms with Gasteiger partial charge in [0.15, 0.2) is 0 Å². The smallest absolute Gasteiger partial charge is 0.229 e. The van der Waals surface area contributed by atoms with E-state index in [9.17, 15) is 8.78 Å². The molecule has 0 saturated carbocycles. The van der Waals surface area contributed by atoms with E-state index in [4.69, 9.17) is 16.0 Å². The minimum Gasteiger partial charge on any atom is -0.444 e. The Morgan fingerprint density at radius 3 is 2.82 bits per heavy atom. The van der Waals surface area contributed by atoms with Crippen molar-refractivity contribution < 1.29 is 13.2 Å². The monoisotopic (exact) mass is 258 g/mol. The summed E-state index contributed by atoms with van der Waals surface area (Å²) in [5.74, 6) is -1.35. The van der Waals surface area contributed by atoms with Crippen molar-refractivity contribution in [1.29, 1.82) is 0 Å². The Morgan fingerprint density at radius 2 is 2.12 bits per heavy atom. The molecule has 0 unspecified atom stereocenters. The van der Waals surface area contributed by atoms with Crippen LogP contribution in [0, 0.1) is 11.6 Å². The maximum Gasteiger partial charge on any atom is 0.229 e. The molecule has 1 aromatic carbocycles. The maximum absolute atomic E-state index is 13.5. The van der Waals surface area contributed by atoms with Crippen LogP contribution in [-0.2, 0) is 6.54 Å². The summed E-state index contributed by atoms with van der Waals surface area (Å²) in [7, 11) is 1.75. The maximum atomic E-state index is 13.5. The molecule has 90 valence electrons. The third-order valence-corrected chi connectivity index (χ3v) is 2.44. The molecule has 0 radical (unpaired) electrons. The highest BCUT2D eigenvalue weighted by molar-refractivity contribution is 6.30. The van der Waals surface area contributed by atoms with Crippen LogP contribution in [0.3, 0.4) is 0 Å². The number of rotatable bonds is 3. The largest absolute Gasteiger partial charge is 0.444 e. The molecule has 0 saturated heterocycles. The van der Waals surface area contributed by atoms with E-state index in [1.165, 1.54) is 6.26 Å². The SMILES string of the molecule is CNCc1coc(-c2cc(F)c(Cl)cc2F)n1. The number of halogens is 3. The highest BCUT2D eigenvalue weighted by Gasteiger charge is 2.15. The van der Waals surface area contributed by atoms with Gasteiger partial charge in [-0.05, 0) is 19.2 Å². The summed E-state index contributed by atoms with van der Waals surface area (Å²) in [6.45, 7) is 0.487. The van der Waals surface area contributed by atoms with Crippen LogP contribution in [-0.4, -0.2) is 12.0 Å². The van der Waals surface area contributed by atoms with Gasteiger partial charge in [-0.2, -0.15) is 0 Å². The third-order valence-electron chi connectivity index (χ3n) is 2.15. The Bertz CT molecular complexity index is 542. The molecule has 0 spiro atoms. The van der Waals surface area contributed by atoms with E-state index in [1.54, 1.807) is 7.05 Å². The quantitative estimate of drug-likeness (QED) is 0.860. The molecular weight excluding hydrogens is 250 g/mol. The Balaban J connectivity index is 2.41. The lowest BCUT2D eigenvalue weighted by molar-refractivity contribution is 0.555. The molecule has 0 amide bonds. The Kier molecular flexibility index (Phi) is 3.40. The number of oxazole rings is 1. The van der Waals surface area contributed by atoms with Crippen molar-refractivity contribution in [2.45, 2.75) is 6.54 Å². The lowest BCUT2D eigenvalue weighted by Crippen LogP contribution is -2.04. The summed E-state index contributed by atoms with van der Waals surface area (Å²) in [4.78, 5) is 4.02. The summed E-state index contributed by atoms with van der Waals surface area (Å²) in [6.07, 6.45) is 1.39. The Hall–Kier alpha value is -1.46. The van der Waals surface area contributed by atoms with Crippen LogP contribution in [0.25, 0.3) is 11.5 Å². The van der Waals surface area contributed by atoms with Crippen molar-refractivity contribution in [2.75, 3.05) is 7.05 Å². The second-order valence-corrected chi connectivity index (χ2v) is 3.83. The van der Waals surface area contributed by atoms with Gasteiger partial charge in [0.2, 0.25) is 5.89 Å². The first-order valence-corrected chi connectivity index (χ1v) is 5.23. The molecule has 2 rings (SSSR count). The lowest BCUT2D eigenvalue weighted by Gasteiger charge is -2.00. The lowest BCUT2D eigenvalue weighted by atomic mass is 10.2. The zero-order valence-corrected chi connectivity index (χ0v) is 9.68. The first-order chi connectivity index (χ1) is 8.11. The standard InChI is InChI=1S/C11H9ClF2N2O/c1-15-4-6-5-17-11(16-6)7-2-10(14)8(12)3-9(7)13/h2-3,5,15H,4H2,1H3. The molecule has 6 heteroatoms. The first-order valence-electron chi connectivity index (χ1n) is 4.85. The second-order valence-electron chi connectivity index (χ2n) is 3.42. The van der Waals surface area contributed by atoms with Crippen LogP contribution < -0.4 is 5.32 Å². The summed E-state index contributed by atoms with van der Waals surface area (Å²) in [5.41, 5.74) is 0.562.